The number of nitrogens with one attached hydrogen (secondary N) is 3. The van der Waals surface area contributed by atoms with Crippen LogP contribution in [-0.2, 0) is 0 Å². The Hall–Kier alpha value is -4.90. The van der Waals surface area contributed by atoms with Gasteiger partial charge >= 0.3 is 0 Å². The summed E-state index contributed by atoms with van der Waals surface area (Å²) in [6.07, 6.45) is 6.85. The molecule has 0 amide bonds. The Morgan fingerprint density at radius 1 is 0.974 bits per heavy atom. The lowest BCUT2D eigenvalue weighted by atomic mass is 10.1. The van der Waals surface area contributed by atoms with Crippen molar-refractivity contribution in [1.29, 1.82) is 0 Å². The molecule has 5 aromatic heterocycles. The molecule has 1 aromatic carbocycles. The van der Waals surface area contributed by atoms with Crippen molar-refractivity contribution in [3.8, 4) is 39.7 Å². The van der Waals surface area contributed by atoms with Gasteiger partial charge in [-0.1, -0.05) is 0 Å². The Balaban J connectivity index is 1.40. The molecule has 0 aliphatic rings. The molecule has 6 aromatic rings. The highest BCUT2D eigenvalue weighted by atomic mass is 19.1. The van der Waals surface area contributed by atoms with Crippen LogP contribution in [0.15, 0.2) is 61.2 Å². The third-order valence-corrected chi connectivity index (χ3v) is 6.38. The van der Waals surface area contributed by atoms with Crippen LogP contribution in [0.4, 0.5) is 10.1 Å². The smallest absolute Gasteiger partial charge is 0.159 e. The summed E-state index contributed by atoms with van der Waals surface area (Å²) in [6, 6.07) is 10.6. The normalized spacial score (nSPS) is 11.5. The van der Waals surface area contributed by atoms with Crippen LogP contribution in [0.3, 0.4) is 0 Å². The average molecular weight is 524 g/mol. The minimum absolute atomic E-state index is 0.349. The van der Waals surface area contributed by atoms with Gasteiger partial charge in [0.15, 0.2) is 11.5 Å². The molecule has 0 aliphatic carbocycles. The third kappa shape index (κ3) is 4.87. The summed E-state index contributed by atoms with van der Waals surface area (Å²) >= 11 is 0. The lowest BCUT2D eigenvalue weighted by Gasteiger charge is -2.12. The van der Waals surface area contributed by atoms with E-state index in [0.717, 1.165) is 28.6 Å². The molecule has 11 heteroatoms. The number of halogens is 1. The van der Waals surface area contributed by atoms with Crippen LogP contribution >= 0.6 is 0 Å². The number of ether oxygens (including phenoxy) is 1. The number of likely N-dealkylation sites (N-methyl/N-ethyl adjacent to an activating group) is 1. The highest BCUT2D eigenvalue weighted by molar-refractivity contribution is 5.96. The maximum absolute atomic E-state index is 14.6. The van der Waals surface area contributed by atoms with Crippen LogP contribution in [0.5, 0.6) is 5.75 Å². The summed E-state index contributed by atoms with van der Waals surface area (Å²) in [5.74, 6) is 0.859. The maximum Gasteiger partial charge on any atom is 0.159 e. The van der Waals surface area contributed by atoms with Crippen LogP contribution in [-0.4, -0.2) is 74.3 Å². The highest BCUT2D eigenvalue weighted by Gasteiger charge is 2.18. The minimum Gasteiger partial charge on any atom is -0.495 e. The summed E-state index contributed by atoms with van der Waals surface area (Å²) in [7, 11) is 5.59. The first-order chi connectivity index (χ1) is 19.0. The van der Waals surface area contributed by atoms with E-state index in [-0.39, 0.29) is 5.82 Å². The lowest BCUT2D eigenvalue weighted by molar-refractivity contribution is 0.413. The van der Waals surface area contributed by atoms with Crippen LogP contribution in [0.25, 0.3) is 56.0 Å². The molecule has 0 bridgehead atoms. The first-order valence-corrected chi connectivity index (χ1v) is 12.4. The molecule has 39 heavy (non-hydrogen) atoms. The Morgan fingerprint density at radius 2 is 1.85 bits per heavy atom. The quantitative estimate of drug-likeness (QED) is 0.262. The second-order valence-corrected chi connectivity index (χ2v) is 9.41. The van der Waals surface area contributed by atoms with Gasteiger partial charge in [0.05, 0.1) is 29.9 Å². The molecule has 10 nitrogen and oxygen atoms in total. The molecule has 5 heterocycles. The second-order valence-electron chi connectivity index (χ2n) is 9.41. The van der Waals surface area contributed by atoms with Gasteiger partial charge in [0, 0.05) is 54.1 Å². The zero-order valence-electron chi connectivity index (χ0n) is 21.7. The van der Waals surface area contributed by atoms with Gasteiger partial charge < -0.3 is 19.9 Å². The molecule has 0 spiro atoms. The molecule has 0 radical (unpaired) electrons. The van der Waals surface area contributed by atoms with Gasteiger partial charge in [-0.15, -0.1) is 0 Å². The van der Waals surface area contributed by atoms with Crippen LogP contribution in [0, 0.1) is 5.82 Å². The summed E-state index contributed by atoms with van der Waals surface area (Å²) in [5.41, 5.74) is 6.25. The fourth-order valence-corrected chi connectivity index (χ4v) is 4.44. The zero-order valence-corrected chi connectivity index (χ0v) is 21.7. The topological polar surface area (TPSA) is 121 Å². The van der Waals surface area contributed by atoms with E-state index in [0.29, 0.717) is 51.9 Å². The molecule has 0 fully saturated rings. The second kappa shape index (κ2) is 10.1. The SMILES string of the molecule is COc1cncc(-c2cnc3[nH]nc(-c4nc5c(-c6cc(F)cc(NCCN(C)C)c6)nccc5[nH]4)c3c2)c1. The van der Waals surface area contributed by atoms with Gasteiger partial charge in [-0.25, -0.2) is 14.4 Å². The summed E-state index contributed by atoms with van der Waals surface area (Å²) in [6.45, 7) is 1.51. The summed E-state index contributed by atoms with van der Waals surface area (Å²) in [5, 5.41) is 11.5. The predicted octanol–water partition coefficient (Wildman–Crippen LogP) is 4.75. The van der Waals surface area contributed by atoms with E-state index in [4.69, 9.17) is 9.72 Å². The Labute approximate surface area is 223 Å². The number of fused-ring (bicyclic) bond motifs is 2. The summed E-state index contributed by atoms with van der Waals surface area (Å²) < 4.78 is 19.9. The molecule has 0 atom stereocenters. The van der Waals surface area contributed by atoms with Crippen molar-refractivity contribution in [1.82, 2.24) is 40.0 Å². The monoisotopic (exact) mass is 523 g/mol. The van der Waals surface area contributed by atoms with E-state index < -0.39 is 0 Å². The third-order valence-electron chi connectivity index (χ3n) is 6.38. The number of hydrogen-bond donors (Lipinski definition) is 3. The van der Waals surface area contributed by atoms with E-state index in [1.165, 1.54) is 12.1 Å². The van der Waals surface area contributed by atoms with Gasteiger partial charge in [0.25, 0.3) is 0 Å². The first-order valence-electron chi connectivity index (χ1n) is 12.4. The Morgan fingerprint density at radius 3 is 2.69 bits per heavy atom. The van der Waals surface area contributed by atoms with Crippen molar-refractivity contribution in [2.45, 2.75) is 0 Å². The van der Waals surface area contributed by atoms with Gasteiger partial charge in [0.2, 0.25) is 0 Å². The zero-order chi connectivity index (χ0) is 26.9. The number of anilines is 1. The molecule has 0 aliphatic heterocycles. The van der Waals surface area contributed by atoms with Gasteiger partial charge in [-0.05, 0) is 50.5 Å². The van der Waals surface area contributed by atoms with E-state index in [1.54, 1.807) is 31.9 Å². The van der Waals surface area contributed by atoms with Crippen molar-refractivity contribution in [2.24, 2.45) is 0 Å². The number of hydrogen-bond acceptors (Lipinski definition) is 8. The molecule has 0 saturated heterocycles. The Kier molecular flexibility index (Phi) is 6.33. The van der Waals surface area contributed by atoms with Crippen LogP contribution in [0.1, 0.15) is 0 Å². The van der Waals surface area contributed by atoms with Crippen molar-refractivity contribution in [2.75, 3.05) is 39.6 Å². The van der Waals surface area contributed by atoms with Gasteiger partial charge in [-0.3, -0.25) is 15.1 Å². The largest absolute Gasteiger partial charge is 0.495 e. The molecule has 0 unspecified atom stereocenters. The molecule has 6 rings (SSSR count). The van der Waals surface area contributed by atoms with Gasteiger partial charge in [-0.2, -0.15) is 5.10 Å². The summed E-state index contributed by atoms with van der Waals surface area (Å²) in [4.78, 5) is 23.6. The predicted molar refractivity (Wildman–Crippen MR) is 149 cm³/mol. The number of nitrogens with zero attached hydrogens (tertiary/aromatic N) is 6. The lowest BCUT2D eigenvalue weighted by Crippen LogP contribution is -2.20. The van der Waals surface area contributed by atoms with Crippen LogP contribution in [0.2, 0.25) is 0 Å². The Bertz CT molecular complexity index is 1790. The number of aromatic amines is 2. The first kappa shape index (κ1) is 24.4. The van der Waals surface area contributed by atoms with E-state index in [9.17, 15) is 4.39 Å². The standard InChI is InChI=1S/C28H26FN9O/c1-38(2)7-6-31-20-9-16(8-19(29)12-20)24-26-23(4-5-32-24)34-28(35-26)25-22-11-18(14-33-27(22)37-36-25)17-10-21(39-3)15-30-13-17/h4-5,8-15,31H,6-7H2,1-3H3,(H,34,35)(H,33,36,37). The number of imidazole rings is 1. The average Bonchev–Trinajstić information content (AvgIpc) is 3.56. The van der Waals surface area contributed by atoms with E-state index >= 15 is 0 Å². The maximum atomic E-state index is 14.6. The molecular weight excluding hydrogens is 497 g/mol. The molecule has 3 N–H and O–H groups in total. The van der Waals surface area contributed by atoms with Crippen LogP contribution < -0.4 is 10.1 Å². The number of pyridine rings is 3. The number of methoxy groups -OCH3 is 1. The highest BCUT2D eigenvalue weighted by Crippen LogP contribution is 2.33. The minimum atomic E-state index is -0.349. The van der Waals surface area contributed by atoms with Crippen molar-refractivity contribution in [3.05, 3.63) is 67.0 Å². The number of aromatic nitrogens is 7. The van der Waals surface area contributed by atoms with E-state index in [2.05, 4.69) is 40.3 Å². The van der Waals surface area contributed by atoms with E-state index in [1.807, 2.05) is 38.4 Å². The fraction of sp³-hybridized carbons (Fsp3) is 0.179. The van der Waals surface area contributed by atoms with Crippen molar-refractivity contribution in [3.63, 3.8) is 0 Å². The molecule has 0 saturated carbocycles. The fourth-order valence-electron chi connectivity index (χ4n) is 4.44. The van der Waals surface area contributed by atoms with Gasteiger partial charge in [0.1, 0.15) is 22.8 Å². The van der Waals surface area contributed by atoms with Crippen molar-refractivity contribution < 1.29 is 9.13 Å². The number of benzene rings is 1. The van der Waals surface area contributed by atoms with Crippen molar-refractivity contribution >= 4 is 27.8 Å². The number of H-pyrrole nitrogens is 2. The molecular formula is C28H26FN9O. The number of rotatable bonds is 8. The molecule has 196 valence electrons.